The van der Waals surface area contributed by atoms with Crippen LogP contribution in [0, 0.1) is 5.82 Å². The fourth-order valence-corrected chi connectivity index (χ4v) is 3.02. The number of aromatic amines is 1. The predicted molar refractivity (Wildman–Crippen MR) is 95.5 cm³/mol. The minimum Gasteiger partial charge on any atom is -0.337 e. The fraction of sp³-hybridized carbons (Fsp3) is 0.105. The number of benzene rings is 2. The lowest BCUT2D eigenvalue weighted by Gasteiger charge is -2.16. The molecule has 4 aromatic rings. The lowest BCUT2D eigenvalue weighted by atomic mass is 10.2. The van der Waals surface area contributed by atoms with Crippen molar-refractivity contribution in [3.63, 3.8) is 0 Å². The van der Waals surface area contributed by atoms with Crippen molar-refractivity contribution in [3.8, 4) is 0 Å². The highest BCUT2D eigenvalue weighted by molar-refractivity contribution is 6.00. The molecular formula is C19H15FN4O2. The van der Waals surface area contributed by atoms with E-state index in [0.29, 0.717) is 22.1 Å². The van der Waals surface area contributed by atoms with Gasteiger partial charge < -0.3 is 9.88 Å². The molecule has 2 aromatic carbocycles. The van der Waals surface area contributed by atoms with Crippen molar-refractivity contribution in [2.75, 3.05) is 7.05 Å². The smallest absolute Gasteiger partial charge is 0.259 e. The maximum atomic E-state index is 13.3. The van der Waals surface area contributed by atoms with Crippen molar-refractivity contribution < 1.29 is 9.18 Å². The normalized spacial score (nSPS) is 11.2. The third-order valence-corrected chi connectivity index (χ3v) is 4.26. The maximum Gasteiger partial charge on any atom is 0.259 e. The molecule has 1 N–H and O–H groups in total. The molecule has 0 saturated carbocycles. The SMILES string of the molecule is CN(Cc1cccc(F)c1)C(=O)c1cnn2c1[nH]c(=O)c1ccccc12. The van der Waals surface area contributed by atoms with E-state index >= 15 is 0 Å². The van der Waals surface area contributed by atoms with Gasteiger partial charge in [0.25, 0.3) is 11.5 Å². The number of fused-ring (bicyclic) bond motifs is 3. The third-order valence-electron chi connectivity index (χ3n) is 4.26. The molecule has 130 valence electrons. The second-order valence-corrected chi connectivity index (χ2v) is 6.08. The molecule has 2 aromatic heterocycles. The number of amides is 1. The summed E-state index contributed by atoms with van der Waals surface area (Å²) in [6, 6.07) is 13.1. The van der Waals surface area contributed by atoms with Gasteiger partial charge >= 0.3 is 0 Å². The number of para-hydroxylation sites is 1. The van der Waals surface area contributed by atoms with Crippen LogP contribution in [0.2, 0.25) is 0 Å². The van der Waals surface area contributed by atoms with E-state index in [0.717, 1.165) is 0 Å². The number of carbonyl (C=O) groups excluding carboxylic acids is 1. The molecule has 0 radical (unpaired) electrons. The zero-order valence-corrected chi connectivity index (χ0v) is 13.9. The molecule has 1 amide bonds. The lowest BCUT2D eigenvalue weighted by molar-refractivity contribution is 0.0786. The first-order chi connectivity index (χ1) is 12.5. The van der Waals surface area contributed by atoms with Crippen molar-refractivity contribution in [2.45, 2.75) is 6.54 Å². The Morgan fingerprint density at radius 2 is 2.04 bits per heavy atom. The van der Waals surface area contributed by atoms with Crippen LogP contribution < -0.4 is 5.56 Å². The number of nitrogens with one attached hydrogen (secondary N) is 1. The Kier molecular flexibility index (Phi) is 3.76. The van der Waals surface area contributed by atoms with E-state index in [1.807, 2.05) is 0 Å². The second kappa shape index (κ2) is 6.11. The number of halogens is 1. The minimum atomic E-state index is -0.352. The molecule has 0 aliphatic carbocycles. The topological polar surface area (TPSA) is 70.5 Å². The van der Waals surface area contributed by atoms with Crippen molar-refractivity contribution in [1.29, 1.82) is 0 Å². The molecule has 0 fully saturated rings. The fourth-order valence-electron chi connectivity index (χ4n) is 3.02. The van der Waals surface area contributed by atoms with E-state index in [4.69, 9.17) is 0 Å². The van der Waals surface area contributed by atoms with Crippen LogP contribution in [0.4, 0.5) is 4.39 Å². The molecule has 0 atom stereocenters. The first-order valence-corrected chi connectivity index (χ1v) is 8.03. The summed E-state index contributed by atoms with van der Waals surface area (Å²) in [5.74, 6) is -0.662. The monoisotopic (exact) mass is 350 g/mol. The Bertz CT molecular complexity index is 1200. The average molecular weight is 350 g/mol. The van der Waals surface area contributed by atoms with Crippen LogP contribution in [0.5, 0.6) is 0 Å². The van der Waals surface area contributed by atoms with Gasteiger partial charge in [0.15, 0.2) is 0 Å². The van der Waals surface area contributed by atoms with Crippen molar-refractivity contribution in [2.24, 2.45) is 0 Å². The first kappa shape index (κ1) is 16.0. The highest BCUT2D eigenvalue weighted by atomic mass is 19.1. The molecule has 6 nitrogen and oxygen atoms in total. The molecule has 7 heteroatoms. The van der Waals surface area contributed by atoms with Crippen molar-refractivity contribution in [3.05, 3.63) is 82.0 Å². The van der Waals surface area contributed by atoms with Crippen LogP contribution in [0.3, 0.4) is 0 Å². The summed E-state index contributed by atoms with van der Waals surface area (Å²) in [5.41, 5.74) is 1.64. The van der Waals surface area contributed by atoms with Crippen LogP contribution in [0.25, 0.3) is 16.6 Å². The molecule has 4 rings (SSSR count). The Labute approximate surface area is 147 Å². The number of H-pyrrole nitrogens is 1. The average Bonchev–Trinajstić information content (AvgIpc) is 3.05. The molecule has 2 heterocycles. The van der Waals surface area contributed by atoms with Gasteiger partial charge in [0.1, 0.15) is 17.0 Å². The lowest BCUT2D eigenvalue weighted by Crippen LogP contribution is -2.26. The van der Waals surface area contributed by atoms with Gasteiger partial charge in [-0.05, 0) is 29.8 Å². The van der Waals surface area contributed by atoms with Gasteiger partial charge in [0.2, 0.25) is 0 Å². The van der Waals surface area contributed by atoms with E-state index in [9.17, 15) is 14.0 Å². The number of carbonyl (C=O) groups is 1. The Morgan fingerprint density at radius 3 is 2.85 bits per heavy atom. The van der Waals surface area contributed by atoms with Crippen LogP contribution in [0.15, 0.2) is 59.5 Å². The predicted octanol–water partition coefficient (Wildman–Crippen LogP) is 2.59. The Morgan fingerprint density at radius 1 is 1.23 bits per heavy atom. The number of nitrogens with zero attached hydrogens (tertiary/aromatic N) is 3. The summed E-state index contributed by atoms with van der Waals surface area (Å²) >= 11 is 0. The second-order valence-electron chi connectivity index (χ2n) is 6.08. The van der Waals surface area contributed by atoms with Crippen LogP contribution in [0.1, 0.15) is 15.9 Å². The van der Waals surface area contributed by atoms with E-state index in [1.165, 1.54) is 23.2 Å². The summed E-state index contributed by atoms with van der Waals surface area (Å²) in [6.45, 7) is 0.242. The summed E-state index contributed by atoms with van der Waals surface area (Å²) in [7, 11) is 1.62. The Balaban J connectivity index is 1.74. The minimum absolute atomic E-state index is 0.242. The van der Waals surface area contributed by atoms with Gasteiger partial charge in [-0.1, -0.05) is 24.3 Å². The summed E-state index contributed by atoms with van der Waals surface area (Å²) in [4.78, 5) is 29.3. The first-order valence-electron chi connectivity index (χ1n) is 8.03. The molecule has 0 aliphatic rings. The number of aromatic nitrogens is 3. The molecular weight excluding hydrogens is 335 g/mol. The van der Waals surface area contributed by atoms with Crippen LogP contribution in [-0.4, -0.2) is 32.5 Å². The number of rotatable bonds is 3. The summed E-state index contributed by atoms with van der Waals surface area (Å²) in [5, 5.41) is 4.75. The van der Waals surface area contributed by atoms with E-state index in [1.54, 1.807) is 48.0 Å². The van der Waals surface area contributed by atoms with E-state index in [-0.39, 0.29) is 29.4 Å². The quantitative estimate of drug-likeness (QED) is 0.617. The van der Waals surface area contributed by atoms with E-state index < -0.39 is 0 Å². The number of hydrogen-bond acceptors (Lipinski definition) is 3. The van der Waals surface area contributed by atoms with Gasteiger partial charge in [-0.25, -0.2) is 8.91 Å². The maximum absolute atomic E-state index is 13.3. The highest BCUT2D eigenvalue weighted by Gasteiger charge is 2.19. The van der Waals surface area contributed by atoms with E-state index in [2.05, 4.69) is 10.1 Å². The zero-order chi connectivity index (χ0) is 18.3. The van der Waals surface area contributed by atoms with Gasteiger partial charge in [-0.2, -0.15) is 5.10 Å². The molecule has 0 aliphatic heterocycles. The van der Waals surface area contributed by atoms with Crippen molar-refractivity contribution >= 4 is 22.5 Å². The van der Waals surface area contributed by atoms with Gasteiger partial charge in [-0.15, -0.1) is 0 Å². The van der Waals surface area contributed by atoms with Gasteiger partial charge in [0, 0.05) is 13.6 Å². The standard InChI is InChI=1S/C19H15FN4O2/c1-23(11-12-5-4-6-13(20)9-12)19(26)15-10-21-24-16-8-3-2-7-14(16)18(25)22-17(15)24/h2-10H,11H2,1H3,(H,22,25). The highest BCUT2D eigenvalue weighted by Crippen LogP contribution is 2.16. The van der Waals surface area contributed by atoms with Gasteiger partial charge in [0.05, 0.1) is 17.1 Å². The Hall–Kier alpha value is -3.48. The largest absolute Gasteiger partial charge is 0.337 e. The third kappa shape index (κ3) is 2.63. The summed E-state index contributed by atoms with van der Waals surface area (Å²) in [6.07, 6.45) is 1.43. The van der Waals surface area contributed by atoms with Crippen molar-refractivity contribution in [1.82, 2.24) is 19.5 Å². The van der Waals surface area contributed by atoms with Crippen LogP contribution >= 0.6 is 0 Å². The molecule has 0 bridgehead atoms. The van der Waals surface area contributed by atoms with Gasteiger partial charge in [-0.3, -0.25) is 9.59 Å². The molecule has 26 heavy (non-hydrogen) atoms. The summed E-state index contributed by atoms with van der Waals surface area (Å²) < 4.78 is 14.9. The molecule has 0 unspecified atom stereocenters. The number of hydrogen-bond donors (Lipinski definition) is 1. The van der Waals surface area contributed by atoms with Crippen LogP contribution in [-0.2, 0) is 6.54 Å². The molecule has 0 spiro atoms. The zero-order valence-electron chi connectivity index (χ0n) is 13.9. The molecule has 0 saturated heterocycles.